The predicted octanol–water partition coefficient (Wildman–Crippen LogP) is 2.21. The Labute approximate surface area is 120 Å². The Bertz CT molecular complexity index is 553. The van der Waals surface area contributed by atoms with E-state index >= 15 is 0 Å². The summed E-state index contributed by atoms with van der Waals surface area (Å²) in [4.78, 5) is 17.0. The zero-order valence-corrected chi connectivity index (χ0v) is 11.4. The highest BCUT2D eigenvalue weighted by atomic mass is 19.4. The van der Waals surface area contributed by atoms with Crippen LogP contribution in [0, 0.1) is 5.41 Å². The van der Waals surface area contributed by atoms with Crippen LogP contribution in [-0.2, 0) is 11.0 Å². The highest BCUT2D eigenvalue weighted by molar-refractivity contribution is 5.96. The summed E-state index contributed by atoms with van der Waals surface area (Å²) in [6, 6.07) is 2.42. The number of nitrogens with zero attached hydrogens (tertiary/aromatic N) is 2. The number of halogens is 3. The third-order valence-electron chi connectivity index (χ3n) is 4.33. The van der Waals surface area contributed by atoms with Crippen LogP contribution in [0.5, 0.6) is 0 Å². The van der Waals surface area contributed by atoms with Gasteiger partial charge in [-0.2, -0.15) is 13.2 Å². The van der Waals surface area contributed by atoms with Gasteiger partial charge in [-0.15, -0.1) is 0 Å². The first-order valence-corrected chi connectivity index (χ1v) is 6.94. The van der Waals surface area contributed by atoms with E-state index in [9.17, 15) is 18.0 Å². The van der Waals surface area contributed by atoms with Crippen molar-refractivity contribution in [2.24, 2.45) is 5.41 Å². The summed E-state index contributed by atoms with van der Waals surface area (Å²) >= 11 is 0. The van der Waals surface area contributed by atoms with Gasteiger partial charge < -0.3 is 10.2 Å². The largest absolute Gasteiger partial charge is 0.433 e. The minimum atomic E-state index is -4.49. The van der Waals surface area contributed by atoms with Crippen LogP contribution >= 0.6 is 0 Å². The lowest BCUT2D eigenvalue weighted by molar-refractivity contribution is -0.141. The molecule has 0 radical (unpaired) electrons. The molecular weight excluding hydrogens is 283 g/mol. The van der Waals surface area contributed by atoms with E-state index in [0.29, 0.717) is 13.0 Å². The second-order valence-electron chi connectivity index (χ2n) is 5.80. The predicted molar refractivity (Wildman–Crippen MR) is 70.7 cm³/mol. The van der Waals surface area contributed by atoms with E-state index in [2.05, 4.69) is 10.3 Å². The van der Waals surface area contributed by atoms with Crippen molar-refractivity contribution >= 4 is 11.6 Å². The first-order valence-electron chi connectivity index (χ1n) is 6.94. The van der Waals surface area contributed by atoms with Crippen molar-refractivity contribution in [2.45, 2.75) is 25.4 Å². The Hall–Kier alpha value is -1.63. The standard InChI is InChI=1S/C14H16F3N3O/c15-14(16,17)11-7-10(1-4-19-11)20-9-13(8-12(20)21)2-5-18-6-3-13/h1,4,7,18H,2-3,5-6,8-9H2. The van der Waals surface area contributed by atoms with E-state index in [-0.39, 0.29) is 17.0 Å². The summed E-state index contributed by atoms with van der Waals surface area (Å²) in [5.74, 6) is -0.101. The van der Waals surface area contributed by atoms with Crippen LogP contribution in [0.25, 0.3) is 0 Å². The molecule has 1 aromatic rings. The molecule has 2 saturated heterocycles. The Morgan fingerprint density at radius 1 is 1.29 bits per heavy atom. The number of rotatable bonds is 1. The number of nitrogens with one attached hydrogen (secondary N) is 1. The van der Waals surface area contributed by atoms with Gasteiger partial charge in [0, 0.05) is 24.8 Å². The minimum Gasteiger partial charge on any atom is -0.317 e. The van der Waals surface area contributed by atoms with Gasteiger partial charge in [0.15, 0.2) is 0 Å². The van der Waals surface area contributed by atoms with Crippen molar-refractivity contribution in [1.29, 1.82) is 0 Å². The fraction of sp³-hybridized carbons (Fsp3) is 0.571. The molecule has 0 unspecified atom stereocenters. The molecule has 0 atom stereocenters. The van der Waals surface area contributed by atoms with Gasteiger partial charge in [-0.1, -0.05) is 0 Å². The Morgan fingerprint density at radius 3 is 2.67 bits per heavy atom. The van der Waals surface area contributed by atoms with Crippen molar-refractivity contribution in [1.82, 2.24) is 10.3 Å². The van der Waals surface area contributed by atoms with Crippen molar-refractivity contribution < 1.29 is 18.0 Å². The number of carbonyl (C=O) groups excluding carboxylic acids is 1. The van der Waals surface area contributed by atoms with Gasteiger partial charge in [-0.25, -0.2) is 0 Å². The number of piperidine rings is 1. The number of hydrogen-bond acceptors (Lipinski definition) is 3. The SMILES string of the molecule is O=C1CC2(CCNCC2)CN1c1ccnc(C(F)(F)F)c1. The Kier molecular flexibility index (Phi) is 3.39. The molecule has 3 heterocycles. The maximum absolute atomic E-state index is 12.7. The van der Waals surface area contributed by atoms with E-state index in [4.69, 9.17) is 0 Å². The lowest BCUT2D eigenvalue weighted by Gasteiger charge is -2.33. The van der Waals surface area contributed by atoms with Gasteiger partial charge in [-0.3, -0.25) is 9.78 Å². The van der Waals surface area contributed by atoms with Crippen LogP contribution in [0.1, 0.15) is 25.0 Å². The molecule has 0 saturated carbocycles. The molecule has 2 aliphatic rings. The molecule has 1 amide bonds. The number of amides is 1. The fourth-order valence-corrected chi connectivity index (χ4v) is 3.17. The molecule has 114 valence electrons. The van der Waals surface area contributed by atoms with E-state index < -0.39 is 11.9 Å². The molecule has 3 rings (SSSR count). The molecule has 7 heteroatoms. The summed E-state index contributed by atoms with van der Waals surface area (Å²) < 4.78 is 38.2. The Balaban J connectivity index is 1.86. The van der Waals surface area contributed by atoms with Gasteiger partial charge in [0.25, 0.3) is 0 Å². The molecule has 2 aliphatic heterocycles. The first-order chi connectivity index (χ1) is 9.90. The molecular formula is C14H16F3N3O. The van der Waals surface area contributed by atoms with Crippen LogP contribution in [-0.4, -0.2) is 30.5 Å². The number of pyridine rings is 1. The highest BCUT2D eigenvalue weighted by Gasteiger charge is 2.44. The molecule has 0 aliphatic carbocycles. The number of hydrogen-bond donors (Lipinski definition) is 1. The van der Waals surface area contributed by atoms with Gasteiger partial charge in [-0.05, 0) is 43.5 Å². The molecule has 1 aromatic heterocycles. The van der Waals surface area contributed by atoms with Gasteiger partial charge in [0.2, 0.25) is 5.91 Å². The summed E-state index contributed by atoms with van der Waals surface area (Å²) in [6.45, 7) is 2.20. The molecule has 0 bridgehead atoms. The summed E-state index contributed by atoms with van der Waals surface area (Å²) in [5.41, 5.74) is -0.763. The van der Waals surface area contributed by atoms with E-state index in [1.54, 1.807) is 0 Å². The molecule has 2 fully saturated rings. The molecule has 21 heavy (non-hydrogen) atoms. The minimum absolute atomic E-state index is 0.0933. The zero-order chi connectivity index (χ0) is 15.1. The van der Waals surface area contributed by atoms with Crippen LogP contribution in [0.2, 0.25) is 0 Å². The quantitative estimate of drug-likeness (QED) is 0.865. The van der Waals surface area contributed by atoms with Crippen LogP contribution < -0.4 is 10.2 Å². The maximum Gasteiger partial charge on any atom is 0.433 e. The van der Waals surface area contributed by atoms with Crippen LogP contribution in [0.4, 0.5) is 18.9 Å². The van der Waals surface area contributed by atoms with Crippen molar-refractivity contribution in [2.75, 3.05) is 24.5 Å². The number of alkyl halides is 3. The molecule has 0 aromatic carbocycles. The van der Waals surface area contributed by atoms with Gasteiger partial charge >= 0.3 is 6.18 Å². The normalized spacial score (nSPS) is 22.0. The fourth-order valence-electron chi connectivity index (χ4n) is 3.17. The number of carbonyl (C=O) groups is 1. The van der Waals surface area contributed by atoms with Gasteiger partial charge in [0.05, 0.1) is 0 Å². The van der Waals surface area contributed by atoms with Gasteiger partial charge in [0.1, 0.15) is 5.69 Å². The molecule has 1 spiro atoms. The summed E-state index contributed by atoms with van der Waals surface area (Å²) in [7, 11) is 0. The average Bonchev–Trinajstić information content (AvgIpc) is 2.75. The van der Waals surface area contributed by atoms with Crippen molar-refractivity contribution in [3.8, 4) is 0 Å². The summed E-state index contributed by atoms with van der Waals surface area (Å²) in [6.07, 6.45) is -1.21. The maximum atomic E-state index is 12.7. The lowest BCUT2D eigenvalue weighted by Crippen LogP contribution is -2.38. The van der Waals surface area contributed by atoms with E-state index in [0.717, 1.165) is 38.2 Å². The highest BCUT2D eigenvalue weighted by Crippen LogP contribution is 2.41. The third-order valence-corrected chi connectivity index (χ3v) is 4.33. The topological polar surface area (TPSA) is 45.2 Å². The van der Waals surface area contributed by atoms with Crippen LogP contribution in [0.3, 0.4) is 0 Å². The third kappa shape index (κ3) is 2.74. The summed E-state index contributed by atoms with van der Waals surface area (Å²) in [5, 5.41) is 3.25. The zero-order valence-electron chi connectivity index (χ0n) is 11.4. The smallest absolute Gasteiger partial charge is 0.317 e. The second kappa shape index (κ2) is 4.98. The molecule has 1 N–H and O–H groups in total. The molecule has 4 nitrogen and oxygen atoms in total. The van der Waals surface area contributed by atoms with E-state index in [1.807, 2.05) is 0 Å². The van der Waals surface area contributed by atoms with Crippen LogP contribution in [0.15, 0.2) is 18.3 Å². The lowest BCUT2D eigenvalue weighted by atomic mass is 9.78. The second-order valence-corrected chi connectivity index (χ2v) is 5.80. The Morgan fingerprint density at radius 2 is 2.00 bits per heavy atom. The first kappa shape index (κ1) is 14.3. The monoisotopic (exact) mass is 299 g/mol. The van der Waals surface area contributed by atoms with E-state index in [1.165, 1.54) is 11.0 Å². The van der Waals surface area contributed by atoms with Crippen molar-refractivity contribution in [3.05, 3.63) is 24.0 Å². The van der Waals surface area contributed by atoms with Crippen molar-refractivity contribution in [3.63, 3.8) is 0 Å². The number of anilines is 1. The average molecular weight is 299 g/mol. The number of aromatic nitrogens is 1.